The highest BCUT2D eigenvalue weighted by Gasteiger charge is 2.13. The first kappa shape index (κ1) is 24.5. The molecular formula is C25H19Cl3N2O3. The standard InChI is InChI=1S/C25H19Cl3N2O3/c1-2-32-21-9-7-20(8-10-21)30-25(31)18(14-29)11-17-12-22(27)24(23(28)13-17)33-15-16-3-5-19(26)6-4-16/h3-13H,2,15H2,1H3,(H,30,31)/b18-11-. The zero-order valence-electron chi connectivity index (χ0n) is 17.6. The highest BCUT2D eigenvalue weighted by atomic mass is 35.5. The van der Waals surface area contributed by atoms with E-state index in [-0.39, 0.29) is 22.2 Å². The summed E-state index contributed by atoms with van der Waals surface area (Å²) in [6.07, 6.45) is 1.41. The molecular weight excluding hydrogens is 483 g/mol. The van der Waals surface area contributed by atoms with E-state index in [1.165, 1.54) is 6.08 Å². The minimum absolute atomic E-state index is 0.106. The Morgan fingerprint density at radius 3 is 2.21 bits per heavy atom. The second kappa shape index (κ2) is 11.6. The lowest BCUT2D eigenvalue weighted by atomic mass is 10.1. The van der Waals surface area contributed by atoms with E-state index in [4.69, 9.17) is 44.3 Å². The van der Waals surface area contributed by atoms with Gasteiger partial charge in [-0.05, 0) is 72.7 Å². The second-order valence-electron chi connectivity index (χ2n) is 6.81. The number of halogens is 3. The summed E-state index contributed by atoms with van der Waals surface area (Å²) >= 11 is 18.6. The van der Waals surface area contributed by atoms with Gasteiger partial charge < -0.3 is 14.8 Å². The van der Waals surface area contributed by atoms with Crippen LogP contribution in [0.4, 0.5) is 5.69 Å². The second-order valence-corrected chi connectivity index (χ2v) is 8.06. The molecule has 0 radical (unpaired) electrons. The van der Waals surface area contributed by atoms with Gasteiger partial charge in [-0.25, -0.2) is 0 Å². The summed E-state index contributed by atoms with van der Waals surface area (Å²) in [5.41, 5.74) is 1.81. The number of rotatable bonds is 8. The van der Waals surface area contributed by atoms with Gasteiger partial charge >= 0.3 is 0 Å². The lowest BCUT2D eigenvalue weighted by Gasteiger charge is -2.11. The van der Waals surface area contributed by atoms with Crippen LogP contribution in [-0.4, -0.2) is 12.5 Å². The summed E-state index contributed by atoms with van der Waals surface area (Å²) in [5.74, 6) is 0.439. The number of carbonyl (C=O) groups is 1. The van der Waals surface area contributed by atoms with Crippen molar-refractivity contribution in [1.29, 1.82) is 5.26 Å². The first-order chi connectivity index (χ1) is 15.9. The molecule has 0 heterocycles. The van der Waals surface area contributed by atoms with Crippen LogP contribution in [0.25, 0.3) is 6.08 Å². The number of carbonyl (C=O) groups excluding carboxylic acids is 1. The molecule has 0 aliphatic carbocycles. The molecule has 1 amide bonds. The van der Waals surface area contributed by atoms with Crippen molar-refractivity contribution in [2.24, 2.45) is 0 Å². The molecule has 0 aliphatic rings. The summed E-state index contributed by atoms with van der Waals surface area (Å²) in [5, 5.41) is 13.3. The highest BCUT2D eigenvalue weighted by molar-refractivity contribution is 6.37. The van der Waals surface area contributed by atoms with E-state index in [1.54, 1.807) is 48.5 Å². The molecule has 168 valence electrons. The zero-order valence-corrected chi connectivity index (χ0v) is 19.8. The Bertz CT molecular complexity index is 1180. The molecule has 5 nitrogen and oxygen atoms in total. The smallest absolute Gasteiger partial charge is 0.266 e. The van der Waals surface area contributed by atoms with Crippen molar-refractivity contribution in [1.82, 2.24) is 0 Å². The topological polar surface area (TPSA) is 71.3 Å². The summed E-state index contributed by atoms with van der Waals surface area (Å²) in [6, 6.07) is 19.1. The minimum Gasteiger partial charge on any atom is -0.494 e. The third kappa shape index (κ3) is 6.90. The molecule has 8 heteroatoms. The van der Waals surface area contributed by atoms with E-state index in [2.05, 4.69) is 5.32 Å². The molecule has 0 atom stereocenters. The van der Waals surface area contributed by atoms with Crippen LogP contribution in [0.15, 0.2) is 66.2 Å². The first-order valence-electron chi connectivity index (χ1n) is 9.92. The van der Waals surface area contributed by atoms with Crippen LogP contribution in [0.5, 0.6) is 11.5 Å². The summed E-state index contributed by atoms with van der Waals surface area (Å²) in [7, 11) is 0. The number of ether oxygens (including phenoxy) is 2. The highest BCUT2D eigenvalue weighted by Crippen LogP contribution is 2.35. The number of benzene rings is 3. The largest absolute Gasteiger partial charge is 0.494 e. The first-order valence-corrected chi connectivity index (χ1v) is 11.0. The van der Waals surface area contributed by atoms with Gasteiger partial charge in [0.25, 0.3) is 5.91 Å². The SMILES string of the molecule is CCOc1ccc(NC(=O)/C(C#N)=C\c2cc(Cl)c(OCc3ccc(Cl)cc3)c(Cl)c2)cc1. The molecule has 3 aromatic rings. The quantitative estimate of drug-likeness (QED) is 0.262. The molecule has 33 heavy (non-hydrogen) atoms. The van der Waals surface area contributed by atoms with Gasteiger partial charge in [0.15, 0.2) is 5.75 Å². The Morgan fingerprint density at radius 2 is 1.64 bits per heavy atom. The van der Waals surface area contributed by atoms with Crippen molar-refractivity contribution in [3.8, 4) is 17.6 Å². The van der Waals surface area contributed by atoms with E-state index >= 15 is 0 Å². The van der Waals surface area contributed by atoms with Crippen molar-refractivity contribution in [3.63, 3.8) is 0 Å². The van der Waals surface area contributed by atoms with E-state index in [1.807, 2.05) is 25.1 Å². The van der Waals surface area contributed by atoms with E-state index in [9.17, 15) is 10.1 Å². The summed E-state index contributed by atoms with van der Waals surface area (Å²) in [6.45, 7) is 2.68. The van der Waals surface area contributed by atoms with Gasteiger partial charge in [0.05, 0.1) is 16.7 Å². The van der Waals surface area contributed by atoms with Gasteiger partial charge in [0.1, 0.15) is 24.0 Å². The molecule has 1 N–H and O–H groups in total. The Hall–Kier alpha value is -3.17. The maximum absolute atomic E-state index is 12.5. The Kier molecular flexibility index (Phi) is 8.62. The molecule has 0 unspecified atom stereocenters. The van der Waals surface area contributed by atoms with Crippen molar-refractivity contribution < 1.29 is 14.3 Å². The van der Waals surface area contributed by atoms with Crippen molar-refractivity contribution >= 4 is 52.5 Å². The number of nitriles is 1. The van der Waals surface area contributed by atoms with Crippen LogP contribution in [0.1, 0.15) is 18.1 Å². The summed E-state index contributed by atoms with van der Waals surface area (Å²) < 4.78 is 11.1. The van der Waals surface area contributed by atoms with E-state index < -0.39 is 5.91 Å². The van der Waals surface area contributed by atoms with E-state index in [0.29, 0.717) is 34.4 Å². The molecule has 0 saturated heterocycles. The molecule has 0 aromatic heterocycles. The van der Waals surface area contributed by atoms with Gasteiger partial charge in [0.2, 0.25) is 0 Å². The Morgan fingerprint density at radius 1 is 1.00 bits per heavy atom. The zero-order chi connectivity index (χ0) is 23.8. The third-order valence-electron chi connectivity index (χ3n) is 4.42. The Labute approximate surface area is 207 Å². The van der Waals surface area contributed by atoms with Gasteiger partial charge in [-0.1, -0.05) is 46.9 Å². The molecule has 3 aromatic carbocycles. The number of anilines is 1. The fraction of sp³-hybridized carbons (Fsp3) is 0.120. The van der Waals surface area contributed by atoms with Crippen LogP contribution in [0.3, 0.4) is 0 Å². The van der Waals surface area contributed by atoms with Gasteiger partial charge in [0, 0.05) is 10.7 Å². The number of hydrogen-bond acceptors (Lipinski definition) is 4. The van der Waals surface area contributed by atoms with Crippen molar-refractivity contribution in [2.45, 2.75) is 13.5 Å². The normalized spacial score (nSPS) is 10.9. The number of amides is 1. The fourth-order valence-corrected chi connectivity index (χ4v) is 3.59. The predicted octanol–water partition coefficient (Wildman–Crippen LogP) is 7.17. The average Bonchev–Trinajstić information content (AvgIpc) is 2.79. The lowest BCUT2D eigenvalue weighted by molar-refractivity contribution is -0.112. The monoisotopic (exact) mass is 500 g/mol. The predicted molar refractivity (Wildman–Crippen MR) is 132 cm³/mol. The van der Waals surface area contributed by atoms with Crippen molar-refractivity contribution in [3.05, 3.63) is 92.4 Å². The molecule has 0 fully saturated rings. The molecule has 0 bridgehead atoms. The molecule has 0 aliphatic heterocycles. The van der Waals surface area contributed by atoms with Gasteiger partial charge in [-0.2, -0.15) is 5.26 Å². The van der Waals surface area contributed by atoms with Crippen LogP contribution >= 0.6 is 34.8 Å². The average molecular weight is 502 g/mol. The molecule has 0 spiro atoms. The van der Waals surface area contributed by atoms with Crippen LogP contribution in [-0.2, 0) is 11.4 Å². The number of hydrogen-bond donors (Lipinski definition) is 1. The third-order valence-corrected chi connectivity index (χ3v) is 5.23. The summed E-state index contributed by atoms with van der Waals surface area (Å²) in [4.78, 5) is 12.5. The van der Waals surface area contributed by atoms with Crippen LogP contribution < -0.4 is 14.8 Å². The maximum Gasteiger partial charge on any atom is 0.266 e. The lowest BCUT2D eigenvalue weighted by Crippen LogP contribution is -2.13. The van der Waals surface area contributed by atoms with Crippen molar-refractivity contribution in [2.75, 3.05) is 11.9 Å². The number of nitrogens with zero attached hydrogens (tertiary/aromatic N) is 1. The van der Waals surface area contributed by atoms with E-state index in [0.717, 1.165) is 5.56 Å². The van der Waals surface area contributed by atoms with Gasteiger partial charge in [-0.3, -0.25) is 4.79 Å². The minimum atomic E-state index is -0.558. The fourth-order valence-electron chi connectivity index (χ4n) is 2.85. The molecule has 3 rings (SSSR count). The molecule has 0 saturated carbocycles. The van der Waals surface area contributed by atoms with Crippen LogP contribution in [0.2, 0.25) is 15.1 Å². The van der Waals surface area contributed by atoms with Crippen LogP contribution in [0, 0.1) is 11.3 Å². The Balaban J connectivity index is 1.72. The number of nitrogens with one attached hydrogen (secondary N) is 1. The maximum atomic E-state index is 12.5. The van der Waals surface area contributed by atoms with Gasteiger partial charge in [-0.15, -0.1) is 0 Å².